The lowest BCUT2D eigenvalue weighted by atomic mass is 10.2. The molecule has 0 atom stereocenters. The molecule has 0 spiro atoms. The summed E-state index contributed by atoms with van der Waals surface area (Å²) in [7, 11) is 0. The summed E-state index contributed by atoms with van der Waals surface area (Å²) in [5.74, 6) is 5.20. The fourth-order valence-electron chi connectivity index (χ4n) is 0.823. The predicted molar refractivity (Wildman–Crippen MR) is 54.6 cm³/mol. The molecule has 0 fully saturated rings. The summed E-state index contributed by atoms with van der Waals surface area (Å²) in [6.45, 7) is 0.503. The van der Waals surface area contributed by atoms with E-state index in [0.29, 0.717) is 18.5 Å². The van der Waals surface area contributed by atoms with Gasteiger partial charge in [0.1, 0.15) is 5.82 Å². The topological polar surface area (TPSA) is 26.0 Å². The van der Waals surface area contributed by atoms with E-state index in [4.69, 9.17) is 5.73 Å². The van der Waals surface area contributed by atoms with E-state index in [-0.39, 0.29) is 5.82 Å². The molecular weight excluding hydrogens is 233 g/mol. The molecule has 0 aliphatic carbocycles. The molecule has 0 saturated heterocycles. The van der Waals surface area contributed by atoms with Gasteiger partial charge in [-0.1, -0.05) is 27.8 Å². The van der Waals surface area contributed by atoms with Crippen molar-refractivity contribution >= 4 is 15.9 Å². The van der Waals surface area contributed by atoms with E-state index in [1.165, 1.54) is 6.07 Å². The number of rotatable bonds is 1. The first-order chi connectivity index (χ1) is 6.24. The third-order valence-electron chi connectivity index (χ3n) is 1.42. The molecule has 3 heteroatoms. The van der Waals surface area contributed by atoms with E-state index in [1.807, 2.05) is 0 Å². The zero-order chi connectivity index (χ0) is 9.68. The van der Waals surface area contributed by atoms with Gasteiger partial charge < -0.3 is 5.73 Å². The fraction of sp³-hybridized carbons (Fsp3) is 0.200. The van der Waals surface area contributed by atoms with Crippen LogP contribution in [-0.2, 0) is 0 Å². The van der Waals surface area contributed by atoms with E-state index in [1.54, 1.807) is 12.1 Å². The van der Waals surface area contributed by atoms with E-state index < -0.39 is 0 Å². The first-order valence-corrected chi connectivity index (χ1v) is 4.67. The molecule has 0 unspecified atom stereocenters. The first kappa shape index (κ1) is 10.2. The third kappa shape index (κ3) is 3.17. The van der Waals surface area contributed by atoms with Crippen molar-refractivity contribution < 1.29 is 4.39 Å². The summed E-state index contributed by atoms with van der Waals surface area (Å²) in [5.41, 5.74) is 5.66. The van der Waals surface area contributed by atoms with Crippen LogP contribution in [0.25, 0.3) is 0 Å². The normalized spacial score (nSPS) is 9.15. The van der Waals surface area contributed by atoms with Crippen molar-refractivity contribution in [1.82, 2.24) is 0 Å². The lowest BCUT2D eigenvalue weighted by Gasteiger charge is -1.94. The van der Waals surface area contributed by atoms with Crippen LogP contribution in [0.4, 0.5) is 4.39 Å². The quantitative estimate of drug-likeness (QED) is 0.751. The Bertz CT molecular complexity index is 352. The summed E-state index contributed by atoms with van der Waals surface area (Å²) in [5, 5.41) is 0. The highest BCUT2D eigenvalue weighted by Crippen LogP contribution is 2.14. The van der Waals surface area contributed by atoms with Gasteiger partial charge in [0.2, 0.25) is 0 Å². The average molecular weight is 242 g/mol. The van der Waals surface area contributed by atoms with Crippen LogP contribution in [0.3, 0.4) is 0 Å². The molecule has 0 aromatic heterocycles. The molecular formula is C10H9BrFN. The van der Waals surface area contributed by atoms with Crippen molar-refractivity contribution in [1.29, 1.82) is 0 Å². The van der Waals surface area contributed by atoms with Crippen LogP contribution in [0.2, 0.25) is 0 Å². The van der Waals surface area contributed by atoms with Gasteiger partial charge in [-0.15, -0.1) is 0 Å². The summed E-state index contributed by atoms with van der Waals surface area (Å²) in [6.07, 6.45) is 0.589. The van der Waals surface area contributed by atoms with Crippen LogP contribution in [0, 0.1) is 17.7 Å². The van der Waals surface area contributed by atoms with Gasteiger partial charge in [-0.2, -0.15) is 0 Å². The predicted octanol–water partition coefficient (Wildman–Crippen LogP) is 2.29. The molecule has 0 aliphatic rings. The van der Waals surface area contributed by atoms with Crippen LogP contribution < -0.4 is 5.73 Å². The Morgan fingerprint density at radius 1 is 1.46 bits per heavy atom. The van der Waals surface area contributed by atoms with Gasteiger partial charge in [-0.25, -0.2) is 4.39 Å². The van der Waals surface area contributed by atoms with Gasteiger partial charge in [0.25, 0.3) is 0 Å². The highest BCUT2D eigenvalue weighted by atomic mass is 79.9. The number of hydrogen-bond acceptors (Lipinski definition) is 1. The molecule has 0 heterocycles. The summed E-state index contributed by atoms with van der Waals surface area (Å²) >= 11 is 3.25. The molecule has 0 saturated carbocycles. The molecule has 1 nitrogen and oxygen atoms in total. The number of nitrogens with two attached hydrogens (primary N) is 1. The summed E-state index contributed by atoms with van der Waals surface area (Å²) in [4.78, 5) is 0. The van der Waals surface area contributed by atoms with Crippen LogP contribution in [0.15, 0.2) is 22.7 Å². The van der Waals surface area contributed by atoms with Gasteiger partial charge in [0, 0.05) is 17.4 Å². The smallest absolute Gasteiger partial charge is 0.138 e. The van der Waals surface area contributed by atoms with Crippen LogP contribution in [0.1, 0.15) is 12.0 Å². The Kier molecular flexibility index (Phi) is 3.94. The maximum atomic E-state index is 13.0. The lowest BCUT2D eigenvalue weighted by Crippen LogP contribution is -1.95. The summed E-state index contributed by atoms with van der Waals surface area (Å²) < 4.78 is 13.9. The van der Waals surface area contributed by atoms with Crippen molar-refractivity contribution in [3.8, 4) is 11.8 Å². The van der Waals surface area contributed by atoms with Gasteiger partial charge in [0.05, 0.1) is 5.56 Å². The molecule has 1 rings (SSSR count). The Morgan fingerprint density at radius 2 is 2.23 bits per heavy atom. The van der Waals surface area contributed by atoms with Crippen molar-refractivity contribution in [2.75, 3.05) is 6.54 Å². The standard InChI is InChI=1S/C10H9BrFN/c11-9-4-5-10(12)8(7-9)3-1-2-6-13/h4-5,7H,2,6,13H2. The lowest BCUT2D eigenvalue weighted by molar-refractivity contribution is 0.624. The zero-order valence-electron chi connectivity index (χ0n) is 6.98. The maximum absolute atomic E-state index is 13.0. The minimum atomic E-state index is -0.298. The molecule has 0 aliphatic heterocycles. The minimum Gasteiger partial charge on any atom is -0.330 e. The Hall–Kier alpha value is -0.850. The number of halogens is 2. The second-order valence-corrected chi connectivity index (χ2v) is 3.38. The highest BCUT2D eigenvalue weighted by molar-refractivity contribution is 9.10. The largest absolute Gasteiger partial charge is 0.330 e. The fourth-order valence-corrected chi connectivity index (χ4v) is 1.18. The Labute approximate surface area is 85.3 Å². The molecule has 0 amide bonds. The molecule has 0 radical (unpaired) electrons. The second-order valence-electron chi connectivity index (χ2n) is 2.46. The van der Waals surface area contributed by atoms with Crippen molar-refractivity contribution in [3.05, 3.63) is 34.1 Å². The van der Waals surface area contributed by atoms with Gasteiger partial charge in [0.15, 0.2) is 0 Å². The van der Waals surface area contributed by atoms with Crippen LogP contribution >= 0.6 is 15.9 Å². The van der Waals surface area contributed by atoms with Crippen LogP contribution in [-0.4, -0.2) is 6.54 Å². The molecule has 1 aromatic carbocycles. The van der Waals surface area contributed by atoms with Crippen LogP contribution in [0.5, 0.6) is 0 Å². The SMILES string of the molecule is NCCC#Cc1cc(Br)ccc1F. The number of hydrogen-bond donors (Lipinski definition) is 1. The molecule has 0 bridgehead atoms. The van der Waals surface area contributed by atoms with E-state index >= 15 is 0 Å². The van der Waals surface area contributed by atoms with Gasteiger partial charge in [-0.05, 0) is 18.2 Å². The molecule has 2 N–H and O–H groups in total. The van der Waals surface area contributed by atoms with Crippen molar-refractivity contribution in [2.45, 2.75) is 6.42 Å². The van der Waals surface area contributed by atoms with Crippen molar-refractivity contribution in [2.24, 2.45) is 5.73 Å². The van der Waals surface area contributed by atoms with Gasteiger partial charge >= 0.3 is 0 Å². The highest BCUT2D eigenvalue weighted by Gasteiger charge is 1.97. The van der Waals surface area contributed by atoms with E-state index in [0.717, 1.165) is 4.47 Å². The molecule has 13 heavy (non-hydrogen) atoms. The van der Waals surface area contributed by atoms with E-state index in [2.05, 4.69) is 27.8 Å². The molecule has 1 aromatic rings. The van der Waals surface area contributed by atoms with Gasteiger partial charge in [-0.3, -0.25) is 0 Å². The Morgan fingerprint density at radius 3 is 2.92 bits per heavy atom. The second kappa shape index (κ2) is 5.00. The first-order valence-electron chi connectivity index (χ1n) is 3.88. The third-order valence-corrected chi connectivity index (χ3v) is 1.91. The minimum absolute atomic E-state index is 0.298. The average Bonchev–Trinajstić information content (AvgIpc) is 2.11. The van der Waals surface area contributed by atoms with Crippen molar-refractivity contribution in [3.63, 3.8) is 0 Å². The monoisotopic (exact) mass is 241 g/mol. The summed E-state index contributed by atoms with van der Waals surface area (Å²) in [6, 6.07) is 4.68. The maximum Gasteiger partial charge on any atom is 0.138 e. The van der Waals surface area contributed by atoms with E-state index in [9.17, 15) is 4.39 Å². The molecule has 68 valence electrons. The number of benzene rings is 1. The zero-order valence-corrected chi connectivity index (χ0v) is 8.57. The Balaban J connectivity index is 2.89.